The Labute approximate surface area is 196 Å². The van der Waals surface area contributed by atoms with Crippen molar-refractivity contribution in [2.75, 3.05) is 26.2 Å². The minimum absolute atomic E-state index is 0.00668. The monoisotopic (exact) mass is 447 g/mol. The molecule has 33 heavy (non-hydrogen) atoms. The molecule has 174 valence electrons. The lowest BCUT2D eigenvalue weighted by molar-refractivity contribution is -0.136. The summed E-state index contributed by atoms with van der Waals surface area (Å²) in [6, 6.07) is 16.2. The summed E-state index contributed by atoms with van der Waals surface area (Å²) in [5.74, 6) is -0.153. The van der Waals surface area contributed by atoms with E-state index < -0.39 is 6.04 Å². The molecule has 2 aromatic rings. The molecule has 2 aromatic carbocycles. The van der Waals surface area contributed by atoms with Crippen LogP contribution in [0.2, 0.25) is 0 Å². The fourth-order valence-electron chi connectivity index (χ4n) is 4.94. The number of rotatable bonds is 5. The second-order valence-corrected chi connectivity index (χ2v) is 9.15. The van der Waals surface area contributed by atoms with Crippen LogP contribution in [0, 0.1) is 12.8 Å². The summed E-state index contributed by atoms with van der Waals surface area (Å²) < 4.78 is 0. The molecule has 0 radical (unpaired) electrons. The SMILES string of the molecule is Cc1ccccc1C(=O)N[C@H](C(=O)N1CCCCC1)C1CCN(C(=O)c2ccccc2)CC1. The molecule has 2 saturated heterocycles. The first-order chi connectivity index (χ1) is 16.0. The van der Waals surface area contributed by atoms with Gasteiger partial charge in [0.25, 0.3) is 11.8 Å². The Kier molecular flexibility index (Phi) is 7.43. The second-order valence-electron chi connectivity index (χ2n) is 9.15. The maximum absolute atomic E-state index is 13.5. The predicted molar refractivity (Wildman–Crippen MR) is 128 cm³/mol. The van der Waals surface area contributed by atoms with E-state index in [-0.39, 0.29) is 23.6 Å². The summed E-state index contributed by atoms with van der Waals surface area (Å²) in [6.45, 7) is 4.58. The zero-order valence-electron chi connectivity index (χ0n) is 19.3. The Bertz CT molecular complexity index is 977. The largest absolute Gasteiger partial charge is 0.341 e. The standard InChI is InChI=1S/C27H33N3O3/c1-20-10-6-7-13-23(20)25(31)28-24(27(33)29-16-8-3-9-17-29)21-14-18-30(19-15-21)26(32)22-11-4-2-5-12-22/h2,4-7,10-13,21,24H,3,8-9,14-19H2,1H3,(H,28,31)/t24-/m0/s1. The van der Waals surface area contributed by atoms with Gasteiger partial charge >= 0.3 is 0 Å². The maximum Gasteiger partial charge on any atom is 0.253 e. The number of aryl methyl sites for hydroxylation is 1. The fourth-order valence-corrected chi connectivity index (χ4v) is 4.94. The summed E-state index contributed by atoms with van der Waals surface area (Å²) >= 11 is 0. The lowest BCUT2D eigenvalue weighted by atomic mass is 9.87. The van der Waals surface area contributed by atoms with Crippen LogP contribution < -0.4 is 5.32 Å². The van der Waals surface area contributed by atoms with Crippen LogP contribution in [0.4, 0.5) is 0 Å². The van der Waals surface area contributed by atoms with E-state index in [2.05, 4.69) is 5.32 Å². The maximum atomic E-state index is 13.5. The Morgan fingerprint density at radius 1 is 0.818 bits per heavy atom. The van der Waals surface area contributed by atoms with Crippen molar-refractivity contribution in [3.8, 4) is 0 Å². The van der Waals surface area contributed by atoms with Gasteiger partial charge in [-0.1, -0.05) is 36.4 Å². The van der Waals surface area contributed by atoms with Crippen molar-refractivity contribution in [1.29, 1.82) is 0 Å². The van der Waals surface area contributed by atoms with Crippen molar-refractivity contribution >= 4 is 17.7 Å². The van der Waals surface area contributed by atoms with Crippen LogP contribution >= 0.6 is 0 Å². The van der Waals surface area contributed by atoms with Crippen molar-refractivity contribution in [3.05, 3.63) is 71.3 Å². The molecule has 2 fully saturated rings. The topological polar surface area (TPSA) is 69.7 Å². The highest BCUT2D eigenvalue weighted by atomic mass is 16.2. The summed E-state index contributed by atoms with van der Waals surface area (Å²) in [5.41, 5.74) is 2.18. The summed E-state index contributed by atoms with van der Waals surface area (Å²) in [5, 5.41) is 3.08. The number of carbonyl (C=O) groups excluding carboxylic acids is 3. The molecule has 6 heteroatoms. The fraction of sp³-hybridized carbons (Fsp3) is 0.444. The molecule has 1 atom stereocenters. The van der Waals surface area contributed by atoms with Crippen LogP contribution in [0.1, 0.15) is 58.4 Å². The molecule has 0 bridgehead atoms. The van der Waals surface area contributed by atoms with Crippen molar-refractivity contribution in [2.45, 2.75) is 45.1 Å². The molecule has 0 aliphatic carbocycles. The third-order valence-corrected chi connectivity index (χ3v) is 6.93. The summed E-state index contributed by atoms with van der Waals surface area (Å²) in [7, 11) is 0. The van der Waals surface area contributed by atoms with Gasteiger partial charge in [-0.2, -0.15) is 0 Å². The molecule has 0 unspecified atom stereocenters. The first-order valence-corrected chi connectivity index (χ1v) is 12.0. The Hall–Kier alpha value is -3.15. The van der Waals surface area contributed by atoms with Gasteiger partial charge in [0.15, 0.2) is 0 Å². The lowest BCUT2D eigenvalue weighted by Crippen LogP contribution is -2.55. The van der Waals surface area contributed by atoms with E-state index in [0.717, 1.165) is 37.9 Å². The average Bonchev–Trinajstić information content (AvgIpc) is 2.88. The highest BCUT2D eigenvalue weighted by Gasteiger charge is 2.36. The molecular weight excluding hydrogens is 414 g/mol. The highest BCUT2D eigenvalue weighted by Crippen LogP contribution is 2.25. The number of nitrogens with zero attached hydrogens (tertiary/aromatic N) is 2. The summed E-state index contributed by atoms with van der Waals surface area (Å²) in [4.78, 5) is 43.2. The van der Waals surface area contributed by atoms with Gasteiger partial charge in [-0.05, 0) is 68.7 Å². The molecular formula is C27H33N3O3. The normalized spacial score (nSPS) is 18.0. The highest BCUT2D eigenvalue weighted by molar-refractivity contribution is 5.98. The van der Waals surface area contributed by atoms with Gasteiger partial charge in [0, 0.05) is 37.3 Å². The number of carbonyl (C=O) groups is 3. The molecule has 3 amide bonds. The number of likely N-dealkylation sites (tertiary alicyclic amines) is 2. The number of nitrogens with one attached hydrogen (secondary N) is 1. The molecule has 2 heterocycles. The first kappa shape index (κ1) is 23.0. The van der Waals surface area contributed by atoms with Crippen molar-refractivity contribution in [1.82, 2.24) is 15.1 Å². The smallest absolute Gasteiger partial charge is 0.253 e. The predicted octanol–water partition coefficient (Wildman–Crippen LogP) is 3.66. The molecule has 2 aliphatic rings. The van der Waals surface area contributed by atoms with E-state index in [4.69, 9.17) is 0 Å². The second kappa shape index (κ2) is 10.6. The van der Waals surface area contributed by atoms with E-state index in [9.17, 15) is 14.4 Å². The molecule has 4 rings (SSSR count). The van der Waals surface area contributed by atoms with Gasteiger partial charge in [-0.3, -0.25) is 14.4 Å². The molecule has 0 saturated carbocycles. The molecule has 2 aliphatic heterocycles. The van der Waals surface area contributed by atoms with E-state index in [0.29, 0.717) is 37.1 Å². The van der Waals surface area contributed by atoms with Crippen LogP contribution in [0.15, 0.2) is 54.6 Å². The Morgan fingerprint density at radius 3 is 2.12 bits per heavy atom. The Balaban J connectivity index is 1.47. The molecule has 6 nitrogen and oxygen atoms in total. The van der Waals surface area contributed by atoms with Gasteiger partial charge in [-0.25, -0.2) is 0 Å². The van der Waals surface area contributed by atoms with Crippen LogP contribution in [-0.2, 0) is 4.79 Å². The van der Waals surface area contributed by atoms with Crippen LogP contribution in [0.3, 0.4) is 0 Å². The zero-order valence-corrected chi connectivity index (χ0v) is 19.3. The van der Waals surface area contributed by atoms with E-state index in [1.807, 2.05) is 65.3 Å². The van der Waals surface area contributed by atoms with E-state index >= 15 is 0 Å². The van der Waals surface area contributed by atoms with Crippen LogP contribution in [-0.4, -0.2) is 59.7 Å². The average molecular weight is 448 g/mol. The van der Waals surface area contributed by atoms with E-state index in [1.54, 1.807) is 6.07 Å². The van der Waals surface area contributed by atoms with Gasteiger partial charge in [-0.15, -0.1) is 0 Å². The van der Waals surface area contributed by atoms with Crippen molar-refractivity contribution in [3.63, 3.8) is 0 Å². The lowest BCUT2D eigenvalue weighted by Gasteiger charge is -2.38. The van der Waals surface area contributed by atoms with Crippen molar-refractivity contribution in [2.24, 2.45) is 5.92 Å². The minimum atomic E-state index is -0.566. The molecule has 0 spiro atoms. The number of hydrogen-bond acceptors (Lipinski definition) is 3. The zero-order chi connectivity index (χ0) is 23.2. The minimum Gasteiger partial charge on any atom is -0.341 e. The number of benzene rings is 2. The number of amides is 3. The van der Waals surface area contributed by atoms with Crippen LogP contribution in [0.25, 0.3) is 0 Å². The quantitative estimate of drug-likeness (QED) is 0.761. The van der Waals surface area contributed by atoms with Crippen LogP contribution in [0.5, 0.6) is 0 Å². The Morgan fingerprint density at radius 2 is 1.45 bits per heavy atom. The van der Waals surface area contributed by atoms with Gasteiger partial charge in [0.1, 0.15) is 6.04 Å². The van der Waals surface area contributed by atoms with Gasteiger partial charge in [0.05, 0.1) is 0 Å². The molecule has 0 aromatic heterocycles. The molecule has 1 N–H and O–H groups in total. The third-order valence-electron chi connectivity index (χ3n) is 6.93. The van der Waals surface area contributed by atoms with Gasteiger partial charge in [0.2, 0.25) is 5.91 Å². The summed E-state index contributed by atoms with van der Waals surface area (Å²) in [6.07, 6.45) is 4.54. The number of piperidine rings is 2. The first-order valence-electron chi connectivity index (χ1n) is 12.0. The third kappa shape index (κ3) is 5.44. The van der Waals surface area contributed by atoms with Gasteiger partial charge < -0.3 is 15.1 Å². The van der Waals surface area contributed by atoms with Crippen molar-refractivity contribution < 1.29 is 14.4 Å². The number of hydrogen-bond donors (Lipinski definition) is 1. The van der Waals surface area contributed by atoms with E-state index in [1.165, 1.54) is 0 Å².